The number of para-hydroxylation sites is 1. The quantitative estimate of drug-likeness (QED) is 0.681. The summed E-state index contributed by atoms with van der Waals surface area (Å²) in [4.78, 5) is 15.6. The van der Waals surface area contributed by atoms with Crippen molar-refractivity contribution < 1.29 is 0 Å². The summed E-state index contributed by atoms with van der Waals surface area (Å²) in [6, 6.07) is 14.2. The van der Waals surface area contributed by atoms with Gasteiger partial charge < -0.3 is 15.5 Å². The minimum Gasteiger partial charge on any atom is -0.368 e. The highest BCUT2D eigenvalue weighted by Crippen LogP contribution is 2.29. The summed E-state index contributed by atoms with van der Waals surface area (Å²) in [5.41, 5.74) is 3.73. The Kier molecular flexibility index (Phi) is 4.97. The third kappa shape index (κ3) is 3.62. The first kappa shape index (κ1) is 16.8. The topological polar surface area (TPSA) is 65.4 Å². The highest BCUT2D eigenvalue weighted by atomic mass is 79.9. The van der Waals surface area contributed by atoms with Crippen LogP contribution < -0.4 is 10.6 Å². The van der Waals surface area contributed by atoms with Gasteiger partial charge in [0.2, 0.25) is 0 Å². The second-order valence-electron chi connectivity index (χ2n) is 6.00. The van der Waals surface area contributed by atoms with Gasteiger partial charge in [-0.2, -0.15) is 0 Å². The molecule has 1 aliphatic rings. The van der Waals surface area contributed by atoms with Gasteiger partial charge in [-0.25, -0.2) is 0 Å². The molecule has 6 nitrogen and oxygen atoms in total. The monoisotopic (exact) mass is 410 g/mol. The lowest BCUT2D eigenvalue weighted by molar-refractivity contribution is 0.417. The van der Waals surface area contributed by atoms with E-state index in [1.807, 2.05) is 30.3 Å². The third-order valence-corrected chi connectivity index (χ3v) is 5.02. The summed E-state index contributed by atoms with van der Waals surface area (Å²) in [7, 11) is 0. The van der Waals surface area contributed by atoms with E-state index < -0.39 is 0 Å². The highest BCUT2D eigenvalue weighted by molar-refractivity contribution is 9.10. The van der Waals surface area contributed by atoms with E-state index in [1.165, 1.54) is 0 Å². The molecule has 0 saturated carbocycles. The molecule has 0 saturated heterocycles. The van der Waals surface area contributed by atoms with Gasteiger partial charge in [0, 0.05) is 31.2 Å². The van der Waals surface area contributed by atoms with Gasteiger partial charge in [-0.3, -0.25) is 15.0 Å². The van der Waals surface area contributed by atoms with Gasteiger partial charge in [-0.1, -0.05) is 18.2 Å². The van der Waals surface area contributed by atoms with Gasteiger partial charge >= 0.3 is 0 Å². The molecule has 2 heterocycles. The molecule has 26 heavy (non-hydrogen) atoms. The molecule has 132 valence electrons. The first-order chi connectivity index (χ1) is 12.8. The number of aliphatic imine (C=N–C) groups is 1. The van der Waals surface area contributed by atoms with Gasteiger partial charge in [-0.15, -0.1) is 0 Å². The summed E-state index contributed by atoms with van der Waals surface area (Å²) in [5, 5.41) is 6.89. The van der Waals surface area contributed by atoms with Crippen molar-refractivity contribution in [2.75, 3.05) is 30.4 Å². The molecule has 3 aromatic rings. The first-order valence-corrected chi connectivity index (χ1v) is 9.35. The van der Waals surface area contributed by atoms with Crippen LogP contribution in [-0.2, 0) is 0 Å². The lowest BCUT2D eigenvalue weighted by Gasteiger charge is -2.30. The molecular formula is C19H19BrN6. The number of nitrogens with zero attached hydrogens (tertiary/aromatic N) is 4. The van der Waals surface area contributed by atoms with Crippen LogP contribution in [0.3, 0.4) is 0 Å². The fraction of sp³-hybridized carbons (Fsp3) is 0.211. The van der Waals surface area contributed by atoms with Crippen LogP contribution in [0.4, 0.5) is 11.4 Å². The van der Waals surface area contributed by atoms with E-state index in [1.54, 1.807) is 12.4 Å². The van der Waals surface area contributed by atoms with Crippen LogP contribution in [0, 0.1) is 0 Å². The summed E-state index contributed by atoms with van der Waals surface area (Å²) in [6.07, 6.45) is 4.45. The lowest BCUT2D eigenvalue weighted by Crippen LogP contribution is -2.43. The molecule has 0 fully saturated rings. The fourth-order valence-electron chi connectivity index (χ4n) is 2.89. The van der Waals surface area contributed by atoms with Crippen molar-refractivity contribution in [3.8, 4) is 0 Å². The lowest BCUT2D eigenvalue weighted by atomic mass is 10.2. The van der Waals surface area contributed by atoms with Gasteiger partial charge in [0.15, 0.2) is 5.96 Å². The zero-order valence-corrected chi connectivity index (χ0v) is 15.8. The van der Waals surface area contributed by atoms with Crippen LogP contribution in [0.5, 0.6) is 0 Å². The van der Waals surface area contributed by atoms with E-state index in [4.69, 9.17) is 0 Å². The summed E-state index contributed by atoms with van der Waals surface area (Å²) in [6.45, 7) is 2.48. The molecule has 1 aromatic heterocycles. The minimum absolute atomic E-state index is 0.695. The third-order valence-electron chi connectivity index (χ3n) is 4.22. The number of fused-ring (bicyclic) bond motifs is 1. The van der Waals surface area contributed by atoms with Crippen LogP contribution in [0.1, 0.15) is 6.42 Å². The number of aromatic nitrogens is 2. The molecule has 0 aliphatic carbocycles. The highest BCUT2D eigenvalue weighted by Gasteiger charge is 2.17. The van der Waals surface area contributed by atoms with Crippen molar-refractivity contribution in [2.24, 2.45) is 4.99 Å². The van der Waals surface area contributed by atoms with Crippen molar-refractivity contribution in [1.29, 1.82) is 0 Å². The fourth-order valence-corrected chi connectivity index (χ4v) is 3.42. The van der Waals surface area contributed by atoms with Crippen LogP contribution in [-0.4, -0.2) is 40.6 Å². The number of benzene rings is 2. The molecule has 0 radical (unpaired) electrons. The normalized spacial score (nSPS) is 14.2. The second-order valence-corrected chi connectivity index (χ2v) is 6.79. The minimum atomic E-state index is 0.695. The van der Waals surface area contributed by atoms with E-state index in [0.29, 0.717) is 6.67 Å². The van der Waals surface area contributed by atoms with Crippen molar-refractivity contribution in [2.45, 2.75) is 6.42 Å². The maximum Gasteiger partial charge on any atom is 0.199 e. The Morgan fingerprint density at radius 3 is 2.77 bits per heavy atom. The maximum absolute atomic E-state index is 4.67. The summed E-state index contributed by atoms with van der Waals surface area (Å²) in [5.74, 6) is 0.864. The Morgan fingerprint density at radius 2 is 1.88 bits per heavy atom. The number of guanidine groups is 1. The molecule has 7 heteroatoms. The first-order valence-electron chi connectivity index (χ1n) is 8.56. The molecule has 0 atom stereocenters. The van der Waals surface area contributed by atoms with Crippen LogP contribution in [0.2, 0.25) is 0 Å². The Balaban J connectivity index is 1.52. The number of hydrogen-bond acceptors (Lipinski definition) is 6. The van der Waals surface area contributed by atoms with Gasteiger partial charge in [0.05, 0.1) is 22.3 Å². The standard InChI is InChI=1S/C19H19BrN6/c20-17-15(7-8-16-18(17)22-11-10-21-16)25-19-23-9-4-12-26(19)13-24-14-5-2-1-3-6-14/h1-3,5-8,10-11,24H,4,9,12-13H2,(H,23,25). The Hall–Kier alpha value is -2.67. The van der Waals surface area contributed by atoms with Crippen molar-refractivity contribution in [3.05, 3.63) is 59.3 Å². The average Bonchev–Trinajstić information content (AvgIpc) is 2.70. The molecule has 2 N–H and O–H groups in total. The number of hydrogen-bond donors (Lipinski definition) is 2. The van der Waals surface area contributed by atoms with Crippen molar-refractivity contribution in [1.82, 2.24) is 14.9 Å². The summed E-state index contributed by atoms with van der Waals surface area (Å²) >= 11 is 3.65. The van der Waals surface area contributed by atoms with E-state index in [2.05, 4.69) is 58.6 Å². The van der Waals surface area contributed by atoms with E-state index >= 15 is 0 Å². The molecule has 0 unspecified atom stereocenters. The molecule has 4 rings (SSSR count). The number of halogens is 1. The number of rotatable bonds is 4. The maximum atomic E-state index is 4.67. The molecule has 0 bridgehead atoms. The van der Waals surface area contributed by atoms with Gasteiger partial charge in [-0.05, 0) is 46.6 Å². The van der Waals surface area contributed by atoms with E-state index in [9.17, 15) is 0 Å². The second kappa shape index (κ2) is 7.70. The average molecular weight is 411 g/mol. The molecular weight excluding hydrogens is 392 g/mol. The Morgan fingerprint density at radius 1 is 1.04 bits per heavy atom. The molecule has 2 aromatic carbocycles. The van der Waals surface area contributed by atoms with E-state index in [0.717, 1.165) is 52.4 Å². The van der Waals surface area contributed by atoms with E-state index in [-0.39, 0.29) is 0 Å². The predicted molar refractivity (Wildman–Crippen MR) is 109 cm³/mol. The van der Waals surface area contributed by atoms with Crippen LogP contribution in [0.25, 0.3) is 11.0 Å². The zero-order chi connectivity index (χ0) is 17.8. The van der Waals surface area contributed by atoms with Crippen LogP contribution in [0.15, 0.2) is 64.3 Å². The number of anilines is 2. The largest absolute Gasteiger partial charge is 0.368 e. The smallest absolute Gasteiger partial charge is 0.199 e. The molecule has 0 spiro atoms. The number of nitrogens with one attached hydrogen (secondary N) is 2. The molecule has 1 aliphatic heterocycles. The SMILES string of the molecule is Brc1c(NC2=NCCCN2CNc2ccccc2)ccc2nccnc12. The van der Waals surface area contributed by atoms with Gasteiger partial charge in [0.1, 0.15) is 5.52 Å². The van der Waals surface area contributed by atoms with Crippen LogP contribution >= 0.6 is 15.9 Å². The Labute approximate surface area is 160 Å². The molecule has 0 amide bonds. The zero-order valence-electron chi connectivity index (χ0n) is 14.2. The van der Waals surface area contributed by atoms with Crippen molar-refractivity contribution in [3.63, 3.8) is 0 Å². The van der Waals surface area contributed by atoms with Gasteiger partial charge in [0.25, 0.3) is 0 Å². The van der Waals surface area contributed by atoms with Crippen molar-refractivity contribution >= 4 is 44.3 Å². The Bertz CT molecular complexity index is 928. The summed E-state index contributed by atoms with van der Waals surface area (Å²) < 4.78 is 0.896. The predicted octanol–water partition coefficient (Wildman–Crippen LogP) is 3.94.